The lowest BCUT2D eigenvalue weighted by atomic mass is 9.96. The fourth-order valence-electron chi connectivity index (χ4n) is 4.19. The van der Waals surface area contributed by atoms with Gasteiger partial charge in [-0.15, -0.1) is 0 Å². The molecule has 1 fully saturated rings. The Morgan fingerprint density at radius 3 is 2.37 bits per heavy atom. The third-order valence-corrected chi connectivity index (χ3v) is 6.11. The molecule has 0 aromatic heterocycles. The van der Waals surface area contributed by atoms with Crippen molar-refractivity contribution in [2.24, 2.45) is 5.92 Å². The molecule has 0 saturated carbocycles. The van der Waals surface area contributed by atoms with Gasteiger partial charge in [-0.05, 0) is 54.8 Å². The molecule has 1 unspecified atom stereocenters. The van der Waals surface area contributed by atoms with Crippen LogP contribution in [0.3, 0.4) is 0 Å². The second-order valence-corrected chi connectivity index (χ2v) is 8.56. The number of carbonyl (C=O) groups is 3. The van der Waals surface area contributed by atoms with Crippen molar-refractivity contribution >= 4 is 29.1 Å². The summed E-state index contributed by atoms with van der Waals surface area (Å²) in [5.41, 5.74) is 2.63. The molecule has 2 N–H and O–H groups in total. The van der Waals surface area contributed by atoms with E-state index >= 15 is 0 Å². The van der Waals surface area contributed by atoms with Crippen LogP contribution in [0.4, 0.5) is 11.4 Å². The molecule has 7 nitrogen and oxygen atoms in total. The number of para-hydroxylation sites is 2. The van der Waals surface area contributed by atoms with Crippen molar-refractivity contribution < 1.29 is 19.1 Å². The lowest BCUT2D eigenvalue weighted by molar-refractivity contribution is -0.133. The number of benzene rings is 3. The van der Waals surface area contributed by atoms with Gasteiger partial charge in [-0.3, -0.25) is 14.4 Å². The third-order valence-electron chi connectivity index (χ3n) is 6.11. The number of piperidine rings is 1. The first-order valence-corrected chi connectivity index (χ1v) is 11.7. The largest absolute Gasteiger partial charge is 0.495 e. The zero-order valence-corrected chi connectivity index (χ0v) is 19.7. The van der Waals surface area contributed by atoms with Crippen molar-refractivity contribution in [1.29, 1.82) is 0 Å². The van der Waals surface area contributed by atoms with Crippen LogP contribution in [0.1, 0.15) is 28.8 Å². The number of carbonyl (C=O) groups excluding carboxylic acids is 3. The molecule has 1 atom stereocenters. The van der Waals surface area contributed by atoms with Crippen LogP contribution in [0.2, 0.25) is 0 Å². The predicted molar refractivity (Wildman–Crippen MR) is 135 cm³/mol. The molecule has 180 valence electrons. The van der Waals surface area contributed by atoms with Crippen molar-refractivity contribution in [1.82, 2.24) is 4.90 Å². The average molecular weight is 472 g/mol. The van der Waals surface area contributed by atoms with E-state index in [1.54, 1.807) is 48.4 Å². The molecule has 0 spiro atoms. The highest BCUT2D eigenvalue weighted by atomic mass is 16.5. The molecule has 0 bridgehead atoms. The van der Waals surface area contributed by atoms with Gasteiger partial charge in [-0.25, -0.2) is 0 Å². The summed E-state index contributed by atoms with van der Waals surface area (Å²) in [5, 5.41) is 5.76. The lowest BCUT2D eigenvalue weighted by Gasteiger charge is -2.32. The summed E-state index contributed by atoms with van der Waals surface area (Å²) >= 11 is 0. The van der Waals surface area contributed by atoms with Gasteiger partial charge in [0.2, 0.25) is 11.8 Å². The number of nitrogens with one attached hydrogen (secondary N) is 2. The van der Waals surface area contributed by atoms with E-state index in [0.717, 1.165) is 18.4 Å². The molecule has 1 aliphatic rings. The monoisotopic (exact) mass is 471 g/mol. The maximum absolute atomic E-state index is 12.9. The summed E-state index contributed by atoms with van der Waals surface area (Å²) in [6, 6.07) is 23.6. The number of ether oxygens (including phenoxy) is 1. The Kier molecular flexibility index (Phi) is 7.77. The summed E-state index contributed by atoms with van der Waals surface area (Å²) in [7, 11) is 1.55. The van der Waals surface area contributed by atoms with Crippen LogP contribution in [-0.4, -0.2) is 42.8 Å². The quantitative estimate of drug-likeness (QED) is 0.536. The number of amides is 3. The van der Waals surface area contributed by atoms with Crippen molar-refractivity contribution in [2.75, 3.05) is 30.8 Å². The summed E-state index contributed by atoms with van der Waals surface area (Å²) < 4.78 is 5.27. The number of anilines is 2. The van der Waals surface area contributed by atoms with Gasteiger partial charge in [0.1, 0.15) is 5.75 Å². The summed E-state index contributed by atoms with van der Waals surface area (Å²) in [5.74, 6) is -0.0368. The molecule has 35 heavy (non-hydrogen) atoms. The maximum atomic E-state index is 12.9. The summed E-state index contributed by atoms with van der Waals surface area (Å²) in [6.07, 6.45) is 1.87. The Hall–Kier alpha value is -4.13. The van der Waals surface area contributed by atoms with Crippen LogP contribution in [0.5, 0.6) is 5.75 Å². The summed E-state index contributed by atoms with van der Waals surface area (Å²) in [6.45, 7) is 1.09. The van der Waals surface area contributed by atoms with E-state index in [1.807, 2.05) is 42.5 Å². The number of methoxy groups -OCH3 is 1. The van der Waals surface area contributed by atoms with Crippen molar-refractivity contribution in [2.45, 2.75) is 19.3 Å². The Bertz CT molecular complexity index is 1180. The normalized spacial score (nSPS) is 15.2. The van der Waals surface area contributed by atoms with Crippen molar-refractivity contribution in [3.8, 4) is 5.75 Å². The molecule has 3 aromatic rings. The van der Waals surface area contributed by atoms with E-state index in [9.17, 15) is 14.4 Å². The first-order chi connectivity index (χ1) is 17.0. The molecule has 4 rings (SSSR count). The van der Waals surface area contributed by atoms with Crippen LogP contribution < -0.4 is 15.4 Å². The Labute approximate surface area is 205 Å². The highest BCUT2D eigenvalue weighted by molar-refractivity contribution is 6.05. The molecule has 0 aliphatic carbocycles. The minimum atomic E-state index is -0.271. The zero-order chi connectivity index (χ0) is 24.6. The number of likely N-dealkylation sites (tertiary alicyclic amines) is 1. The number of nitrogens with zero attached hydrogens (tertiary/aromatic N) is 1. The molecule has 1 heterocycles. The Morgan fingerprint density at radius 1 is 0.914 bits per heavy atom. The Morgan fingerprint density at radius 2 is 1.63 bits per heavy atom. The highest BCUT2D eigenvalue weighted by Gasteiger charge is 2.28. The molecule has 7 heteroatoms. The van der Waals surface area contributed by atoms with Gasteiger partial charge >= 0.3 is 0 Å². The van der Waals surface area contributed by atoms with Crippen molar-refractivity contribution in [3.63, 3.8) is 0 Å². The SMILES string of the molecule is COc1ccccc1NC(=O)c1ccc(NC(=O)C2CCCN(C(=O)Cc3ccccc3)C2)cc1. The van der Waals surface area contributed by atoms with Gasteiger partial charge in [-0.2, -0.15) is 0 Å². The smallest absolute Gasteiger partial charge is 0.255 e. The average Bonchev–Trinajstić information content (AvgIpc) is 2.90. The minimum absolute atomic E-state index is 0.0408. The van der Waals surface area contributed by atoms with Crippen molar-refractivity contribution in [3.05, 3.63) is 90.0 Å². The Balaban J connectivity index is 1.32. The van der Waals surface area contributed by atoms with Crippen LogP contribution in [0.25, 0.3) is 0 Å². The van der Waals surface area contributed by atoms with Crippen LogP contribution in [0.15, 0.2) is 78.9 Å². The molecule has 3 amide bonds. The van der Waals surface area contributed by atoms with E-state index in [-0.39, 0.29) is 23.6 Å². The number of rotatable bonds is 7. The molecule has 3 aromatic carbocycles. The van der Waals surface area contributed by atoms with Gasteiger partial charge in [0.05, 0.1) is 25.1 Å². The van der Waals surface area contributed by atoms with E-state index in [4.69, 9.17) is 4.74 Å². The molecule has 1 saturated heterocycles. The summed E-state index contributed by atoms with van der Waals surface area (Å²) in [4.78, 5) is 40.0. The lowest BCUT2D eigenvalue weighted by Crippen LogP contribution is -2.44. The second-order valence-electron chi connectivity index (χ2n) is 8.56. The molecular weight excluding hydrogens is 442 g/mol. The number of hydrogen-bond acceptors (Lipinski definition) is 4. The van der Waals surface area contributed by atoms with Gasteiger partial charge in [0.15, 0.2) is 0 Å². The standard InChI is InChI=1S/C28H29N3O4/c1-35-25-12-6-5-11-24(25)30-27(33)21-13-15-23(16-14-21)29-28(34)22-10-7-17-31(19-22)26(32)18-20-8-3-2-4-9-20/h2-6,8-9,11-16,22H,7,10,17-19H2,1H3,(H,29,34)(H,30,33). The van der Waals surface area contributed by atoms with Gasteiger partial charge < -0.3 is 20.3 Å². The van der Waals surface area contributed by atoms with E-state index in [2.05, 4.69) is 10.6 Å². The predicted octanol–water partition coefficient (Wildman–Crippen LogP) is 4.37. The second kappa shape index (κ2) is 11.3. The molecule has 1 aliphatic heterocycles. The number of hydrogen-bond donors (Lipinski definition) is 2. The first kappa shape index (κ1) is 24.0. The van der Waals surface area contributed by atoms with Crippen LogP contribution in [-0.2, 0) is 16.0 Å². The van der Waals surface area contributed by atoms with Gasteiger partial charge in [0, 0.05) is 24.3 Å². The molecule has 0 radical (unpaired) electrons. The first-order valence-electron chi connectivity index (χ1n) is 11.7. The van der Waals surface area contributed by atoms with Crippen LogP contribution >= 0.6 is 0 Å². The van der Waals surface area contributed by atoms with Gasteiger partial charge in [-0.1, -0.05) is 42.5 Å². The van der Waals surface area contributed by atoms with E-state index in [1.165, 1.54) is 0 Å². The highest BCUT2D eigenvalue weighted by Crippen LogP contribution is 2.24. The van der Waals surface area contributed by atoms with Crippen LogP contribution in [0, 0.1) is 5.92 Å². The maximum Gasteiger partial charge on any atom is 0.255 e. The van der Waals surface area contributed by atoms with E-state index in [0.29, 0.717) is 42.2 Å². The fraction of sp³-hybridized carbons (Fsp3) is 0.250. The fourth-order valence-corrected chi connectivity index (χ4v) is 4.19. The van der Waals surface area contributed by atoms with Gasteiger partial charge in [0.25, 0.3) is 5.91 Å². The third kappa shape index (κ3) is 6.26. The topological polar surface area (TPSA) is 87.7 Å². The molecular formula is C28H29N3O4. The zero-order valence-electron chi connectivity index (χ0n) is 19.7. The minimum Gasteiger partial charge on any atom is -0.495 e. The van der Waals surface area contributed by atoms with E-state index < -0.39 is 0 Å².